The van der Waals surface area contributed by atoms with Gasteiger partial charge in [0, 0.05) is 24.2 Å². The second-order valence-corrected chi connectivity index (χ2v) is 8.47. The van der Waals surface area contributed by atoms with E-state index in [0.717, 1.165) is 18.4 Å². The molecule has 1 aliphatic carbocycles. The fourth-order valence-corrected chi connectivity index (χ4v) is 5.13. The maximum Gasteiger partial charge on any atom is 0.237 e. The van der Waals surface area contributed by atoms with Crippen LogP contribution in [0.3, 0.4) is 0 Å². The third-order valence-electron chi connectivity index (χ3n) is 6.16. The van der Waals surface area contributed by atoms with E-state index in [1.165, 1.54) is 4.90 Å². The first-order chi connectivity index (χ1) is 14.4. The van der Waals surface area contributed by atoms with Crippen molar-refractivity contribution < 1.29 is 14.4 Å². The first-order valence-corrected chi connectivity index (χ1v) is 10.7. The molecular formula is C24H24N2O3S. The fourth-order valence-electron chi connectivity index (χ4n) is 4.58. The lowest BCUT2D eigenvalue weighted by Gasteiger charge is -2.35. The third-order valence-corrected chi connectivity index (χ3v) is 6.71. The molecule has 30 heavy (non-hydrogen) atoms. The number of benzene rings is 2. The number of amides is 2. The number of anilines is 2. The van der Waals surface area contributed by atoms with Gasteiger partial charge in [-0.2, -0.15) is 0 Å². The van der Waals surface area contributed by atoms with E-state index in [9.17, 15) is 14.4 Å². The van der Waals surface area contributed by atoms with E-state index in [1.807, 2.05) is 49.4 Å². The van der Waals surface area contributed by atoms with Crippen LogP contribution in [0.2, 0.25) is 0 Å². The molecule has 1 N–H and O–H groups in total. The smallest absolute Gasteiger partial charge is 0.237 e. The summed E-state index contributed by atoms with van der Waals surface area (Å²) in [6, 6.07) is 16.6. The summed E-state index contributed by atoms with van der Waals surface area (Å²) < 4.78 is 0. The van der Waals surface area contributed by atoms with E-state index < -0.39 is 11.3 Å². The van der Waals surface area contributed by atoms with Gasteiger partial charge in [-0.05, 0) is 44.0 Å². The van der Waals surface area contributed by atoms with Crippen LogP contribution >= 0.6 is 12.2 Å². The van der Waals surface area contributed by atoms with Crippen molar-refractivity contribution in [3.63, 3.8) is 0 Å². The summed E-state index contributed by atoms with van der Waals surface area (Å²) in [6.07, 6.45) is 2.46. The average Bonchev–Trinajstić information content (AvgIpc) is 2.93. The molecule has 4 rings (SSSR count). The SMILES string of the molecule is Cc1ccc(N2C(=O)[C@@H](CC(=O)Nc3ccccc3)[C@@]3(CCCCC3=O)C2=S)cc1. The van der Waals surface area contributed by atoms with Crippen molar-refractivity contribution in [1.82, 2.24) is 0 Å². The molecule has 1 spiro atoms. The molecule has 2 amide bonds. The highest BCUT2D eigenvalue weighted by Crippen LogP contribution is 2.50. The van der Waals surface area contributed by atoms with Gasteiger partial charge in [-0.15, -0.1) is 0 Å². The molecular weight excluding hydrogens is 396 g/mol. The summed E-state index contributed by atoms with van der Waals surface area (Å²) in [5.74, 6) is -1.34. The number of hydrogen-bond donors (Lipinski definition) is 1. The Bertz CT molecular complexity index is 1000. The van der Waals surface area contributed by atoms with Crippen LogP contribution < -0.4 is 10.2 Å². The molecule has 154 valence electrons. The number of nitrogens with one attached hydrogen (secondary N) is 1. The summed E-state index contributed by atoms with van der Waals surface area (Å²) >= 11 is 5.75. The minimum absolute atomic E-state index is 0.0146. The van der Waals surface area contributed by atoms with Crippen LogP contribution in [0.1, 0.15) is 37.7 Å². The van der Waals surface area contributed by atoms with E-state index in [4.69, 9.17) is 12.2 Å². The molecule has 1 heterocycles. The summed E-state index contributed by atoms with van der Waals surface area (Å²) in [5.41, 5.74) is 1.32. The van der Waals surface area contributed by atoms with Crippen molar-refractivity contribution in [2.75, 3.05) is 10.2 Å². The summed E-state index contributed by atoms with van der Waals surface area (Å²) in [6.45, 7) is 1.97. The Hall–Kier alpha value is -2.86. The Morgan fingerprint density at radius 3 is 2.47 bits per heavy atom. The zero-order valence-corrected chi connectivity index (χ0v) is 17.7. The lowest BCUT2D eigenvalue weighted by molar-refractivity contribution is -0.136. The zero-order chi connectivity index (χ0) is 21.3. The number of carbonyl (C=O) groups excluding carboxylic acids is 3. The number of nitrogens with zero attached hydrogens (tertiary/aromatic N) is 1. The third kappa shape index (κ3) is 3.45. The number of hydrogen-bond acceptors (Lipinski definition) is 4. The van der Waals surface area contributed by atoms with Gasteiger partial charge in [0.05, 0.1) is 11.3 Å². The normalized spacial score (nSPS) is 23.8. The monoisotopic (exact) mass is 420 g/mol. The molecule has 0 radical (unpaired) electrons. The van der Waals surface area contributed by atoms with Gasteiger partial charge in [0.15, 0.2) is 0 Å². The van der Waals surface area contributed by atoms with Crippen LogP contribution in [0.25, 0.3) is 0 Å². The Kier molecular flexibility index (Phi) is 5.52. The molecule has 2 aromatic rings. The van der Waals surface area contributed by atoms with E-state index in [2.05, 4.69) is 5.32 Å². The number of Topliss-reactive ketones (excluding diaryl/α,β-unsaturated/α-hetero) is 1. The molecule has 2 fully saturated rings. The van der Waals surface area contributed by atoms with Gasteiger partial charge in [0.1, 0.15) is 10.8 Å². The Morgan fingerprint density at radius 2 is 1.80 bits per heavy atom. The van der Waals surface area contributed by atoms with E-state index in [1.54, 1.807) is 12.1 Å². The van der Waals surface area contributed by atoms with Gasteiger partial charge >= 0.3 is 0 Å². The standard InChI is InChI=1S/C24H24N2O3S/c1-16-10-12-18(13-11-16)26-22(29)19(15-21(28)25-17-7-3-2-4-8-17)24(23(26)30)14-6-5-9-20(24)27/h2-4,7-8,10-13,19H,5-6,9,14-15H2,1H3,(H,25,28)/t19-,24-/m1/s1. The highest BCUT2D eigenvalue weighted by Gasteiger charge is 2.61. The summed E-state index contributed by atoms with van der Waals surface area (Å²) in [4.78, 5) is 41.3. The van der Waals surface area contributed by atoms with Gasteiger partial charge in [-0.25, -0.2) is 0 Å². The summed E-state index contributed by atoms with van der Waals surface area (Å²) in [5, 5.41) is 2.84. The van der Waals surface area contributed by atoms with Crippen LogP contribution in [0, 0.1) is 18.3 Å². The number of rotatable bonds is 4. The average molecular weight is 421 g/mol. The van der Waals surface area contributed by atoms with Crippen molar-refractivity contribution in [1.29, 1.82) is 0 Å². The number of para-hydroxylation sites is 1. The van der Waals surface area contributed by atoms with E-state index in [-0.39, 0.29) is 24.0 Å². The van der Waals surface area contributed by atoms with Crippen molar-refractivity contribution >= 4 is 46.2 Å². The molecule has 2 aliphatic rings. The van der Waals surface area contributed by atoms with Crippen LogP contribution in [-0.4, -0.2) is 22.6 Å². The highest BCUT2D eigenvalue weighted by atomic mass is 32.1. The predicted molar refractivity (Wildman–Crippen MR) is 120 cm³/mol. The largest absolute Gasteiger partial charge is 0.326 e. The fraction of sp³-hybridized carbons (Fsp3) is 0.333. The number of aryl methyl sites for hydroxylation is 1. The van der Waals surface area contributed by atoms with Gasteiger partial charge < -0.3 is 5.32 Å². The molecule has 2 atom stereocenters. The van der Waals surface area contributed by atoms with Crippen LogP contribution in [0.4, 0.5) is 11.4 Å². The zero-order valence-electron chi connectivity index (χ0n) is 16.9. The second-order valence-electron chi connectivity index (χ2n) is 8.09. The molecule has 1 saturated carbocycles. The van der Waals surface area contributed by atoms with E-state index >= 15 is 0 Å². The molecule has 2 aromatic carbocycles. The van der Waals surface area contributed by atoms with Gasteiger partial charge in [-0.1, -0.05) is 54.5 Å². The Morgan fingerprint density at radius 1 is 1.10 bits per heavy atom. The number of ketones is 1. The first-order valence-electron chi connectivity index (χ1n) is 10.3. The van der Waals surface area contributed by atoms with Crippen molar-refractivity contribution in [3.05, 3.63) is 60.2 Å². The number of carbonyl (C=O) groups is 3. The molecule has 1 saturated heterocycles. The van der Waals surface area contributed by atoms with Crippen LogP contribution in [0.5, 0.6) is 0 Å². The van der Waals surface area contributed by atoms with Crippen molar-refractivity contribution in [2.45, 2.75) is 39.0 Å². The van der Waals surface area contributed by atoms with Crippen molar-refractivity contribution in [2.24, 2.45) is 11.3 Å². The van der Waals surface area contributed by atoms with Gasteiger partial charge in [0.25, 0.3) is 0 Å². The van der Waals surface area contributed by atoms with Crippen molar-refractivity contribution in [3.8, 4) is 0 Å². The lowest BCUT2D eigenvalue weighted by atomic mass is 9.65. The number of thiocarbonyl (C=S) groups is 1. The van der Waals surface area contributed by atoms with Gasteiger partial charge in [-0.3, -0.25) is 19.3 Å². The molecule has 6 heteroatoms. The predicted octanol–water partition coefficient (Wildman–Crippen LogP) is 4.44. The minimum Gasteiger partial charge on any atom is -0.326 e. The first kappa shape index (κ1) is 20.4. The molecule has 0 unspecified atom stereocenters. The quantitative estimate of drug-likeness (QED) is 0.743. The Labute approximate surface area is 181 Å². The van der Waals surface area contributed by atoms with E-state index in [0.29, 0.717) is 29.2 Å². The maximum absolute atomic E-state index is 13.5. The minimum atomic E-state index is -1.07. The molecule has 1 aliphatic heterocycles. The topological polar surface area (TPSA) is 66.5 Å². The van der Waals surface area contributed by atoms with Crippen LogP contribution in [-0.2, 0) is 14.4 Å². The van der Waals surface area contributed by atoms with Crippen LogP contribution in [0.15, 0.2) is 54.6 Å². The molecule has 0 aromatic heterocycles. The lowest BCUT2D eigenvalue weighted by Crippen LogP contribution is -2.45. The Balaban J connectivity index is 1.68. The molecule has 5 nitrogen and oxygen atoms in total. The second kappa shape index (κ2) is 8.11. The van der Waals surface area contributed by atoms with Gasteiger partial charge in [0.2, 0.25) is 11.8 Å². The molecule has 0 bridgehead atoms. The maximum atomic E-state index is 13.5. The summed E-state index contributed by atoms with van der Waals surface area (Å²) in [7, 11) is 0. The highest BCUT2D eigenvalue weighted by molar-refractivity contribution is 7.81.